The van der Waals surface area contributed by atoms with Crippen LogP contribution in [0, 0.1) is 0 Å². The molecule has 3 rings (SSSR count). The highest BCUT2D eigenvalue weighted by atomic mass is 16.6. The van der Waals surface area contributed by atoms with Crippen LogP contribution in [0.4, 0.5) is 0 Å². The predicted molar refractivity (Wildman–Crippen MR) is 69.8 cm³/mol. The van der Waals surface area contributed by atoms with Crippen molar-refractivity contribution in [1.29, 1.82) is 0 Å². The van der Waals surface area contributed by atoms with Crippen LogP contribution in [0.25, 0.3) is 0 Å². The topological polar surface area (TPSA) is 54.7 Å². The Labute approximate surface area is 112 Å². The van der Waals surface area contributed by atoms with E-state index in [1.54, 1.807) is 10.6 Å². The molecule has 19 heavy (non-hydrogen) atoms. The first-order valence-electron chi connectivity index (χ1n) is 6.80. The molecule has 1 aromatic heterocycles. The molecule has 2 bridgehead atoms. The molecule has 0 aliphatic carbocycles. The number of esters is 1. The molecule has 4 unspecified atom stereocenters. The number of fused-ring (bicyclic) bond motifs is 2. The zero-order valence-corrected chi connectivity index (χ0v) is 11.3. The number of carbonyl (C=O) groups excluding carboxylic acids is 1. The molecular formula is C14H20N2O3. The van der Waals surface area contributed by atoms with Crippen LogP contribution in [-0.4, -0.2) is 51.9 Å². The second-order valence-electron chi connectivity index (χ2n) is 5.64. The molecule has 0 saturated carbocycles. The average Bonchev–Trinajstić information content (AvgIpc) is 2.89. The molecule has 0 radical (unpaired) electrons. The number of carbonyl (C=O) groups is 1. The van der Waals surface area contributed by atoms with Crippen LogP contribution in [-0.2, 0) is 11.8 Å². The van der Waals surface area contributed by atoms with E-state index in [1.807, 2.05) is 19.3 Å². The second kappa shape index (κ2) is 4.65. The molecule has 1 N–H and O–H groups in total. The average molecular weight is 264 g/mol. The van der Waals surface area contributed by atoms with Gasteiger partial charge in [-0.1, -0.05) is 0 Å². The molecule has 2 saturated heterocycles. The monoisotopic (exact) mass is 264 g/mol. The lowest BCUT2D eigenvalue weighted by Gasteiger charge is -2.39. The number of aliphatic hydroxyl groups excluding tert-OH is 1. The number of ether oxygens (including phenoxy) is 1. The van der Waals surface area contributed by atoms with E-state index in [9.17, 15) is 9.90 Å². The van der Waals surface area contributed by atoms with Crippen molar-refractivity contribution in [2.75, 3.05) is 7.05 Å². The molecule has 2 aliphatic heterocycles. The molecule has 0 aromatic carbocycles. The van der Waals surface area contributed by atoms with Crippen LogP contribution in [0.2, 0.25) is 0 Å². The Morgan fingerprint density at radius 2 is 2.21 bits per heavy atom. The van der Waals surface area contributed by atoms with Gasteiger partial charge in [-0.25, -0.2) is 4.79 Å². The van der Waals surface area contributed by atoms with Gasteiger partial charge in [-0.05, 0) is 38.4 Å². The van der Waals surface area contributed by atoms with Crippen LogP contribution >= 0.6 is 0 Å². The number of hydrogen-bond donors (Lipinski definition) is 1. The molecule has 5 heteroatoms. The summed E-state index contributed by atoms with van der Waals surface area (Å²) in [5.41, 5.74) is 0.523. The normalized spacial score (nSPS) is 34.5. The first kappa shape index (κ1) is 12.7. The number of aryl methyl sites for hydroxylation is 1. The lowest BCUT2D eigenvalue weighted by atomic mass is 9.97. The summed E-state index contributed by atoms with van der Waals surface area (Å²) >= 11 is 0. The predicted octanol–water partition coefficient (Wildman–Crippen LogP) is 0.778. The first-order chi connectivity index (χ1) is 9.08. The van der Waals surface area contributed by atoms with Gasteiger partial charge in [0.2, 0.25) is 0 Å². The highest BCUT2D eigenvalue weighted by Crippen LogP contribution is 2.36. The smallest absolute Gasteiger partial charge is 0.355 e. The Bertz CT molecular complexity index is 485. The number of likely N-dealkylation sites (N-methyl/N-ethyl adjacent to an activating group) is 1. The molecule has 2 aliphatic rings. The zero-order valence-electron chi connectivity index (χ0n) is 11.3. The summed E-state index contributed by atoms with van der Waals surface area (Å²) in [6, 6.07) is 4.13. The fraction of sp³-hybridized carbons (Fsp3) is 0.643. The van der Waals surface area contributed by atoms with E-state index in [1.165, 1.54) is 0 Å². The lowest BCUT2D eigenvalue weighted by Crippen LogP contribution is -2.54. The third-order valence-corrected chi connectivity index (χ3v) is 4.56. The number of hydrogen-bond acceptors (Lipinski definition) is 4. The molecule has 2 fully saturated rings. The summed E-state index contributed by atoms with van der Waals surface area (Å²) < 4.78 is 7.31. The maximum Gasteiger partial charge on any atom is 0.355 e. The summed E-state index contributed by atoms with van der Waals surface area (Å²) in [5, 5.41) is 10.2. The van der Waals surface area contributed by atoms with Crippen LogP contribution < -0.4 is 0 Å². The number of aromatic nitrogens is 1. The van der Waals surface area contributed by atoms with Crippen molar-refractivity contribution in [3.8, 4) is 0 Å². The summed E-state index contributed by atoms with van der Waals surface area (Å²) in [6.45, 7) is 0. The maximum atomic E-state index is 12.1. The van der Waals surface area contributed by atoms with Gasteiger partial charge in [-0.2, -0.15) is 0 Å². The molecule has 0 spiro atoms. The van der Waals surface area contributed by atoms with Crippen molar-refractivity contribution in [1.82, 2.24) is 9.47 Å². The lowest BCUT2D eigenvalue weighted by molar-refractivity contribution is -0.0803. The zero-order chi connectivity index (χ0) is 13.6. The highest BCUT2D eigenvalue weighted by molar-refractivity contribution is 5.87. The standard InChI is InChI=1S/C14H20N2O3/c1-15-7-3-4-11(15)14(18)19-13-10-6-5-9(16(10)2)8-12(13)17/h3-4,7,9-10,12-13,17H,5-6,8H2,1-2H3. The third-order valence-electron chi connectivity index (χ3n) is 4.56. The van der Waals surface area contributed by atoms with Gasteiger partial charge in [0.15, 0.2) is 0 Å². The van der Waals surface area contributed by atoms with Gasteiger partial charge in [0.1, 0.15) is 11.8 Å². The summed E-state index contributed by atoms with van der Waals surface area (Å²) in [6.07, 6.45) is 3.62. The van der Waals surface area contributed by atoms with E-state index in [0.29, 0.717) is 18.2 Å². The second-order valence-corrected chi connectivity index (χ2v) is 5.64. The van der Waals surface area contributed by atoms with Gasteiger partial charge in [0.25, 0.3) is 0 Å². The van der Waals surface area contributed by atoms with Crippen LogP contribution in [0.1, 0.15) is 29.8 Å². The third kappa shape index (κ3) is 2.07. The Balaban J connectivity index is 1.75. The van der Waals surface area contributed by atoms with Gasteiger partial charge >= 0.3 is 5.97 Å². The summed E-state index contributed by atoms with van der Waals surface area (Å²) in [4.78, 5) is 14.4. The SMILES string of the molecule is CN1C2CCC1C(OC(=O)c1cccn1C)C(O)C2. The van der Waals surface area contributed by atoms with E-state index in [0.717, 1.165) is 12.8 Å². The molecule has 104 valence electrons. The van der Waals surface area contributed by atoms with Crippen molar-refractivity contribution in [2.45, 2.75) is 43.6 Å². The molecule has 0 amide bonds. The van der Waals surface area contributed by atoms with E-state index in [4.69, 9.17) is 4.74 Å². The quantitative estimate of drug-likeness (QED) is 0.802. The Morgan fingerprint density at radius 3 is 2.89 bits per heavy atom. The number of aliphatic hydroxyl groups is 1. The van der Waals surface area contributed by atoms with Crippen LogP contribution in [0.15, 0.2) is 18.3 Å². The minimum Gasteiger partial charge on any atom is -0.453 e. The Hall–Kier alpha value is -1.33. The Kier molecular flexibility index (Phi) is 3.11. The fourth-order valence-corrected chi connectivity index (χ4v) is 3.40. The molecule has 5 nitrogen and oxygen atoms in total. The minimum absolute atomic E-state index is 0.151. The molecule has 1 aromatic rings. The van der Waals surface area contributed by atoms with Gasteiger partial charge in [0.05, 0.1) is 6.10 Å². The number of piperidine rings is 1. The van der Waals surface area contributed by atoms with Gasteiger partial charge in [-0.15, -0.1) is 0 Å². The van der Waals surface area contributed by atoms with Crippen molar-refractivity contribution in [3.63, 3.8) is 0 Å². The summed E-state index contributed by atoms with van der Waals surface area (Å²) in [5.74, 6) is -0.352. The number of nitrogens with zero attached hydrogens (tertiary/aromatic N) is 2. The van der Waals surface area contributed by atoms with E-state index >= 15 is 0 Å². The largest absolute Gasteiger partial charge is 0.453 e. The van der Waals surface area contributed by atoms with E-state index in [2.05, 4.69) is 11.9 Å². The summed E-state index contributed by atoms with van der Waals surface area (Å²) in [7, 11) is 3.86. The minimum atomic E-state index is -0.544. The van der Waals surface area contributed by atoms with Crippen LogP contribution in [0.5, 0.6) is 0 Å². The van der Waals surface area contributed by atoms with Crippen molar-refractivity contribution in [3.05, 3.63) is 24.0 Å². The van der Waals surface area contributed by atoms with Crippen molar-refractivity contribution >= 4 is 5.97 Å². The van der Waals surface area contributed by atoms with Crippen molar-refractivity contribution < 1.29 is 14.6 Å². The van der Waals surface area contributed by atoms with Gasteiger partial charge < -0.3 is 14.4 Å². The maximum absolute atomic E-state index is 12.1. The highest BCUT2D eigenvalue weighted by Gasteiger charge is 2.47. The fourth-order valence-electron chi connectivity index (χ4n) is 3.40. The molecule has 4 atom stereocenters. The van der Waals surface area contributed by atoms with E-state index in [-0.39, 0.29) is 12.0 Å². The first-order valence-corrected chi connectivity index (χ1v) is 6.80. The Morgan fingerprint density at radius 1 is 1.42 bits per heavy atom. The van der Waals surface area contributed by atoms with Crippen LogP contribution in [0.3, 0.4) is 0 Å². The van der Waals surface area contributed by atoms with Gasteiger partial charge in [-0.3, -0.25) is 4.90 Å². The van der Waals surface area contributed by atoms with Gasteiger partial charge in [0, 0.05) is 25.3 Å². The number of rotatable bonds is 2. The molecule has 3 heterocycles. The molecular weight excluding hydrogens is 244 g/mol. The van der Waals surface area contributed by atoms with E-state index < -0.39 is 12.2 Å². The van der Waals surface area contributed by atoms with Crippen molar-refractivity contribution in [2.24, 2.45) is 7.05 Å².